The number of anilines is 1. The molecule has 1 aromatic carbocycles. The van der Waals surface area contributed by atoms with Crippen LogP contribution in [0.1, 0.15) is 26.3 Å². The SMILES string of the molecule is CC(C)(C)c1ccc(O)c2c1OCC(O)N2. The molecule has 1 atom stereocenters. The monoisotopic (exact) mass is 223 g/mol. The second kappa shape index (κ2) is 3.56. The van der Waals surface area contributed by atoms with Crippen LogP contribution in [-0.2, 0) is 5.41 Å². The van der Waals surface area contributed by atoms with E-state index in [0.29, 0.717) is 11.4 Å². The number of ether oxygens (including phenoxy) is 1. The molecule has 2 rings (SSSR count). The fourth-order valence-electron chi connectivity index (χ4n) is 1.82. The molecule has 0 saturated carbocycles. The summed E-state index contributed by atoms with van der Waals surface area (Å²) in [6.07, 6.45) is -0.770. The average Bonchev–Trinajstić information content (AvgIpc) is 2.17. The molecule has 0 aliphatic carbocycles. The molecule has 88 valence electrons. The van der Waals surface area contributed by atoms with Gasteiger partial charge in [0, 0.05) is 5.56 Å². The van der Waals surface area contributed by atoms with Crippen LogP contribution in [0.3, 0.4) is 0 Å². The minimum absolute atomic E-state index is 0.0677. The quantitative estimate of drug-likeness (QED) is 0.587. The van der Waals surface area contributed by atoms with Crippen LogP contribution in [0, 0.1) is 0 Å². The van der Waals surface area contributed by atoms with Gasteiger partial charge in [-0.25, -0.2) is 0 Å². The molecule has 1 aromatic rings. The van der Waals surface area contributed by atoms with Crippen LogP contribution in [0.2, 0.25) is 0 Å². The molecule has 0 fully saturated rings. The minimum Gasteiger partial charge on any atom is -0.506 e. The highest BCUT2D eigenvalue weighted by molar-refractivity contribution is 5.70. The van der Waals surface area contributed by atoms with Gasteiger partial charge >= 0.3 is 0 Å². The van der Waals surface area contributed by atoms with Crippen molar-refractivity contribution >= 4 is 5.69 Å². The summed E-state index contributed by atoms with van der Waals surface area (Å²) in [5, 5.41) is 22.0. The summed E-state index contributed by atoms with van der Waals surface area (Å²) in [6.45, 7) is 6.43. The van der Waals surface area contributed by atoms with Crippen LogP contribution in [0.5, 0.6) is 11.5 Å². The first kappa shape index (κ1) is 11.1. The zero-order chi connectivity index (χ0) is 11.9. The number of nitrogens with one attached hydrogen (secondary N) is 1. The predicted octanol–water partition coefficient (Wildman–Crippen LogP) is 1.81. The maximum absolute atomic E-state index is 9.71. The van der Waals surface area contributed by atoms with Gasteiger partial charge in [-0.05, 0) is 11.5 Å². The molecule has 0 spiro atoms. The lowest BCUT2D eigenvalue weighted by Crippen LogP contribution is -2.32. The topological polar surface area (TPSA) is 61.7 Å². The number of rotatable bonds is 0. The highest BCUT2D eigenvalue weighted by Gasteiger charge is 2.27. The van der Waals surface area contributed by atoms with Gasteiger partial charge in [0.1, 0.15) is 23.8 Å². The maximum atomic E-state index is 9.71. The van der Waals surface area contributed by atoms with Gasteiger partial charge in [-0.15, -0.1) is 0 Å². The Labute approximate surface area is 94.9 Å². The molecule has 0 saturated heterocycles. The molecule has 1 aliphatic heterocycles. The van der Waals surface area contributed by atoms with Gasteiger partial charge in [-0.2, -0.15) is 0 Å². The maximum Gasteiger partial charge on any atom is 0.159 e. The van der Waals surface area contributed by atoms with Crippen molar-refractivity contribution in [3.63, 3.8) is 0 Å². The molecule has 4 heteroatoms. The standard InChI is InChI=1S/C12H17NO3/c1-12(2,3)7-4-5-8(14)10-11(7)16-6-9(15)13-10/h4-5,9,13-15H,6H2,1-3H3. The predicted molar refractivity (Wildman–Crippen MR) is 61.9 cm³/mol. The van der Waals surface area contributed by atoms with E-state index in [1.807, 2.05) is 6.07 Å². The van der Waals surface area contributed by atoms with Crippen LogP contribution >= 0.6 is 0 Å². The number of aliphatic hydroxyl groups excluding tert-OH is 1. The Morgan fingerprint density at radius 1 is 1.38 bits per heavy atom. The van der Waals surface area contributed by atoms with Gasteiger partial charge in [0.05, 0.1) is 0 Å². The zero-order valence-electron chi connectivity index (χ0n) is 9.74. The average molecular weight is 223 g/mol. The number of phenols is 1. The lowest BCUT2D eigenvalue weighted by Gasteiger charge is -2.30. The van der Waals surface area contributed by atoms with E-state index in [1.165, 1.54) is 0 Å². The molecular formula is C12H17NO3. The van der Waals surface area contributed by atoms with Gasteiger partial charge in [-0.1, -0.05) is 26.8 Å². The highest BCUT2D eigenvalue weighted by Crippen LogP contribution is 2.43. The summed E-state index contributed by atoms with van der Waals surface area (Å²) < 4.78 is 5.50. The van der Waals surface area contributed by atoms with E-state index in [2.05, 4.69) is 26.1 Å². The third-order valence-corrected chi connectivity index (χ3v) is 2.64. The van der Waals surface area contributed by atoms with E-state index < -0.39 is 6.23 Å². The van der Waals surface area contributed by atoms with Gasteiger partial charge in [0.15, 0.2) is 6.23 Å². The molecule has 0 radical (unpaired) electrons. The summed E-state index contributed by atoms with van der Waals surface area (Å²) in [7, 11) is 0. The van der Waals surface area contributed by atoms with E-state index in [1.54, 1.807) is 6.07 Å². The van der Waals surface area contributed by atoms with Crippen molar-refractivity contribution in [2.45, 2.75) is 32.4 Å². The third-order valence-electron chi connectivity index (χ3n) is 2.64. The fourth-order valence-corrected chi connectivity index (χ4v) is 1.82. The number of aromatic hydroxyl groups is 1. The number of phenolic OH excluding ortho intramolecular Hbond substituents is 1. The Bertz CT molecular complexity index is 409. The molecule has 1 heterocycles. The van der Waals surface area contributed by atoms with Crippen LogP contribution in [0.15, 0.2) is 12.1 Å². The van der Waals surface area contributed by atoms with E-state index >= 15 is 0 Å². The Hall–Kier alpha value is -1.42. The van der Waals surface area contributed by atoms with Crippen molar-refractivity contribution in [2.75, 3.05) is 11.9 Å². The first-order valence-corrected chi connectivity index (χ1v) is 5.33. The molecule has 3 N–H and O–H groups in total. The summed E-state index contributed by atoms with van der Waals surface area (Å²) in [4.78, 5) is 0. The number of hydrogen-bond donors (Lipinski definition) is 3. The molecule has 0 aromatic heterocycles. The van der Waals surface area contributed by atoms with Crippen molar-refractivity contribution in [3.05, 3.63) is 17.7 Å². The van der Waals surface area contributed by atoms with Crippen molar-refractivity contribution < 1.29 is 14.9 Å². The van der Waals surface area contributed by atoms with E-state index in [9.17, 15) is 10.2 Å². The normalized spacial score (nSPS) is 19.6. The number of aliphatic hydroxyl groups is 1. The molecule has 1 aliphatic rings. The molecule has 16 heavy (non-hydrogen) atoms. The minimum atomic E-state index is -0.770. The summed E-state index contributed by atoms with van der Waals surface area (Å²) in [5.74, 6) is 0.736. The summed E-state index contributed by atoms with van der Waals surface area (Å²) in [6, 6.07) is 3.47. The molecule has 1 unspecified atom stereocenters. The van der Waals surface area contributed by atoms with Crippen molar-refractivity contribution in [1.29, 1.82) is 0 Å². The second-order valence-electron chi connectivity index (χ2n) is 5.06. The first-order valence-electron chi connectivity index (χ1n) is 5.33. The summed E-state index contributed by atoms with van der Waals surface area (Å²) in [5.41, 5.74) is 1.42. The summed E-state index contributed by atoms with van der Waals surface area (Å²) >= 11 is 0. The van der Waals surface area contributed by atoms with Crippen molar-refractivity contribution in [1.82, 2.24) is 0 Å². The van der Waals surface area contributed by atoms with Gasteiger partial charge in [0.25, 0.3) is 0 Å². The van der Waals surface area contributed by atoms with Gasteiger partial charge < -0.3 is 20.3 Å². The van der Waals surface area contributed by atoms with Gasteiger partial charge in [0.2, 0.25) is 0 Å². The highest BCUT2D eigenvalue weighted by atomic mass is 16.5. The van der Waals surface area contributed by atoms with E-state index in [0.717, 1.165) is 5.56 Å². The lowest BCUT2D eigenvalue weighted by molar-refractivity contribution is 0.117. The number of benzene rings is 1. The van der Waals surface area contributed by atoms with Crippen molar-refractivity contribution in [3.8, 4) is 11.5 Å². The largest absolute Gasteiger partial charge is 0.506 e. The molecule has 0 bridgehead atoms. The Kier molecular flexibility index (Phi) is 2.46. The molecule has 4 nitrogen and oxygen atoms in total. The Morgan fingerprint density at radius 3 is 2.69 bits per heavy atom. The Balaban J connectivity index is 2.55. The van der Waals surface area contributed by atoms with Crippen LogP contribution in [0.4, 0.5) is 5.69 Å². The smallest absolute Gasteiger partial charge is 0.159 e. The molecule has 0 amide bonds. The number of hydrogen-bond acceptors (Lipinski definition) is 4. The van der Waals surface area contributed by atoms with Gasteiger partial charge in [-0.3, -0.25) is 0 Å². The van der Waals surface area contributed by atoms with E-state index in [-0.39, 0.29) is 17.8 Å². The van der Waals surface area contributed by atoms with Crippen LogP contribution < -0.4 is 10.1 Å². The second-order valence-corrected chi connectivity index (χ2v) is 5.06. The molecular weight excluding hydrogens is 206 g/mol. The van der Waals surface area contributed by atoms with Crippen LogP contribution in [0.25, 0.3) is 0 Å². The fraction of sp³-hybridized carbons (Fsp3) is 0.500. The lowest BCUT2D eigenvalue weighted by atomic mass is 9.85. The number of fused-ring (bicyclic) bond motifs is 1. The first-order chi connectivity index (χ1) is 7.39. The van der Waals surface area contributed by atoms with Crippen molar-refractivity contribution in [2.24, 2.45) is 0 Å². The van der Waals surface area contributed by atoms with E-state index in [4.69, 9.17) is 4.74 Å². The van der Waals surface area contributed by atoms with Crippen LogP contribution in [-0.4, -0.2) is 23.0 Å². The Morgan fingerprint density at radius 2 is 2.06 bits per heavy atom. The zero-order valence-corrected chi connectivity index (χ0v) is 9.74. The third kappa shape index (κ3) is 1.80.